The number of fused-ring (bicyclic) bond motifs is 1. The molecule has 0 fully saturated rings. The topological polar surface area (TPSA) is 63.1 Å². The molecule has 0 unspecified atom stereocenters. The summed E-state index contributed by atoms with van der Waals surface area (Å²) in [6, 6.07) is 3.26. The molecule has 4 rings (SSSR count). The second-order valence-corrected chi connectivity index (χ2v) is 8.45. The quantitative estimate of drug-likeness (QED) is 0.565. The van der Waals surface area contributed by atoms with E-state index in [1.165, 1.54) is 28.2 Å². The van der Waals surface area contributed by atoms with E-state index < -0.39 is 12.7 Å². The summed E-state index contributed by atoms with van der Waals surface area (Å²) in [5.41, 5.74) is 1.94. The second-order valence-electron chi connectivity index (χ2n) is 7.22. The van der Waals surface area contributed by atoms with Crippen molar-refractivity contribution in [1.29, 1.82) is 0 Å². The maximum atomic E-state index is 13.1. The number of hydrogen-bond donors (Lipinski definition) is 1. The minimum atomic E-state index is -4.34. The van der Waals surface area contributed by atoms with Crippen LogP contribution in [0.2, 0.25) is 0 Å². The van der Waals surface area contributed by atoms with Crippen molar-refractivity contribution in [3.63, 3.8) is 0 Å². The van der Waals surface area contributed by atoms with Crippen LogP contribution < -0.4 is 5.32 Å². The fourth-order valence-corrected chi connectivity index (χ4v) is 4.24. The smallest absolute Gasteiger partial charge is 0.338 e. The molecule has 0 aliphatic carbocycles. The van der Waals surface area contributed by atoms with Crippen LogP contribution in [0.1, 0.15) is 17.0 Å². The monoisotopic (exact) mass is 447 g/mol. The van der Waals surface area contributed by atoms with Gasteiger partial charge in [0.15, 0.2) is 5.13 Å². The Morgan fingerprint density at radius 1 is 1.42 bits per heavy atom. The van der Waals surface area contributed by atoms with Crippen LogP contribution in [-0.2, 0) is 11.3 Å². The number of anilines is 2. The summed E-state index contributed by atoms with van der Waals surface area (Å²) in [4.78, 5) is 23.5. The Balaban J connectivity index is 1.76. The Bertz CT molecular complexity index is 1180. The lowest BCUT2D eigenvalue weighted by Gasteiger charge is -2.25. The van der Waals surface area contributed by atoms with Crippen molar-refractivity contribution < 1.29 is 18.0 Å². The highest BCUT2D eigenvalue weighted by molar-refractivity contribution is 7.15. The minimum Gasteiger partial charge on any atom is -0.338 e. The standard InChI is InChI=1S/C21H20F3N5OS/c1-3-18(30)28-7-4-14(5-8-28)19-15-6-9-29(12-21(22,23)24)16(15)10-17(26-19)27-20-25-11-13(2)31-20/h3-4,6,9-11H,1,5,7-8,12H2,2H3,(H,25,26,27). The summed E-state index contributed by atoms with van der Waals surface area (Å²) in [7, 11) is 0. The SMILES string of the molecule is C=CC(=O)N1CC=C(c2nc(Nc3ncc(C)s3)cc3c2ccn3CC(F)(F)F)CC1. The van der Waals surface area contributed by atoms with Gasteiger partial charge in [0.05, 0.1) is 11.2 Å². The lowest BCUT2D eigenvalue weighted by atomic mass is 10.0. The Morgan fingerprint density at radius 2 is 2.23 bits per heavy atom. The molecule has 0 spiro atoms. The summed E-state index contributed by atoms with van der Waals surface area (Å²) in [5.74, 6) is 0.267. The number of thiazole rings is 1. The first-order chi connectivity index (χ1) is 14.7. The number of halogens is 3. The highest BCUT2D eigenvalue weighted by Crippen LogP contribution is 2.33. The predicted octanol–water partition coefficient (Wildman–Crippen LogP) is 4.91. The van der Waals surface area contributed by atoms with Gasteiger partial charge in [0.2, 0.25) is 5.91 Å². The number of aromatic nitrogens is 3. The largest absolute Gasteiger partial charge is 0.406 e. The molecule has 31 heavy (non-hydrogen) atoms. The van der Waals surface area contributed by atoms with Gasteiger partial charge in [-0.25, -0.2) is 9.97 Å². The van der Waals surface area contributed by atoms with Gasteiger partial charge in [-0.15, -0.1) is 11.3 Å². The van der Waals surface area contributed by atoms with Crippen LogP contribution in [0.25, 0.3) is 16.5 Å². The van der Waals surface area contributed by atoms with Gasteiger partial charge in [0.25, 0.3) is 0 Å². The lowest BCUT2D eigenvalue weighted by molar-refractivity contribution is -0.139. The second kappa shape index (κ2) is 8.18. The van der Waals surface area contributed by atoms with Crippen molar-refractivity contribution in [2.24, 2.45) is 0 Å². The molecule has 1 aliphatic heterocycles. The molecule has 3 aromatic rings. The Morgan fingerprint density at radius 3 is 2.84 bits per heavy atom. The third-order valence-electron chi connectivity index (χ3n) is 4.97. The van der Waals surface area contributed by atoms with Gasteiger partial charge >= 0.3 is 6.18 Å². The van der Waals surface area contributed by atoms with Gasteiger partial charge in [-0.2, -0.15) is 13.2 Å². The van der Waals surface area contributed by atoms with Crippen molar-refractivity contribution in [2.45, 2.75) is 26.1 Å². The number of alkyl halides is 3. The summed E-state index contributed by atoms with van der Waals surface area (Å²) >= 11 is 1.43. The molecule has 1 aliphatic rings. The molecule has 0 radical (unpaired) electrons. The van der Waals surface area contributed by atoms with Crippen molar-refractivity contribution in [1.82, 2.24) is 19.4 Å². The van der Waals surface area contributed by atoms with E-state index in [2.05, 4.69) is 16.9 Å². The van der Waals surface area contributed by atoms with Crippen LogP contribution in [0, 0.1) is 6.92 Å². The van der Waals surface area contributed by atoms with Crippen LogP contribution in [0.15, 0.2) is 43.3 Å². The summed E-state index contributed by atoms with van der Waals surface area (Å²) in [6.07, 6.45) is 2.51. The van der Waals surface area contributed by atoms with Crippen LogP contribution in [-0.4, -0.2) is 44.6 Å². The predicted molar refractivity (Wildman–Crippen MR) is 115 cm³/mol. The molecular weight excluding hydrogens is 427 g/mol. The van der Waals surface area contributed by atoms with E-state index in [1.54, 1.807) is 23.2 Å². The van der Waals surface area contributed by atoms with Gasteiger partial charge in [-0.3, -0.25) is 4.79 Å². The number of nitrogens with zero attached hydrogens (tertiary/aromatic N) is 4. The van der Waals surface area contributed by atoms with Gasteiger partial charge < -0.3 is 14.8 Å². The highest BCUT2D eigenvalue weighted by Gasteiger charge is 2.29. The van der Waals surface area contributed by atoms with E-state index in [9.17, 15) is 18.0 Å². The maximum absolute atomic E-state index is 13.1. The number of amides is 1. The fourth-order valence-electron chi connectivity index (χ4n) is 3.56. The van der Waals surface area contributed by atoms with Crippen molar-refractivity contribution in [3.8, 4) is 0 Å². The van der Waals surface area contributed by atoms with Gasteiger partial charge in [-0.05, 0) is 31.1 Å². The maximum Gasteiger partial charge on any atom is 0.406 e. The van der Waals surface area contributed by atoms with E-state index in [-0.39, 0.29) is 5.91 Å². The van der Waals surface area contributed by atoms with E-state index in [0.717, 1.165) is 10.5 Å². The molecule has 0 bridgehead atoms. The number of nitrogens with one attached hydrogen (secondary N) is 1. The number of pyridine rings is 1. The van der Waals surface area contributed by atoms with Crippen LogP contribution in [0.4, 0.5) is 24.1 Å². The summed E-state index contributed by atoms with van der Waals surface area (Å²) in [5, 5.41) is 4.36. The molecule has 0 saturated heterocycles. The number of carbonyl (C=O) groups excluding carboxylic acids is 1. The Labute approximate surface area is 180 Å². The van der Waals surface area contributed by atoms with E-state index in [1.807, 2.05) is 13.0 Å². The number of rotatable bonds is 5. The third-order valence-corrected chi connectivity index (χ3v) is 5.80. The van der Waals surface area contributed by atoms with E-state index in [0.29, 0.717) is 47.1 Å². The molecule has 1 amide bonds. The third kappa shape index (κ3) is 4.63. The first-order valence-electron chi connectivity index (χ1n) is 9.60. The highest BCUT2D eigenvalue weighted by atomic mass is 32.1. The van der Waals surface area contributed by atoms with Crippen molar-refractivity contribution in [3.05, 3.63) is 53.8 Å². The fraction of sp³-hybridized carbons (Fsp3) is 0.286. The molecule has 3 aromatic heterocycles. The van der Waals surface area contributed by atoms with Crippen LogP contribution in [0.3, 0.4) is 0 Å². The zero-order valence-electron chi connectivity index (χ0n) is 16.7. The zero-order chi connectivity index (χ0) is 22.2. The average molecular weight is 447 g/mol. The van der Waals surface area contributed by atoms with Gasteiger partial charge in [0.1, 0.15) is 12.4 Å². The minimum absolute atomic E-state index is 0.153. The molecule has 6 nitrogen and oxygen atoms in total. The molecule has 0 saturated carbocycles. The van der Waals surface area contributed by atoms with E-state index in [4.69, 9.17) is 4.98 Å². The Hall–Kier alpha value is -3.14. The van der Waals surface area contributed by atoms with Crippen LogP contribution in [0.5, 0.6) is 0 Å². The number of aryl methyl sites for hydroxylation is 1. The first kappa shape index (κ1) is 21.1. The van der Waals surface area contributed by atoms with E-state index >= 15 is 0 Å². The molecule has 0 atom stereocenters. The zero-order valence-corrected chi connectivity index (χ0v) is 17.6. The van der Waals surface area contributed by atoms with Crippen LogP contribution >= 0.6 is 11.3 Å². The molecule has 10 heteroatoms. The summed E-state index contributed by atoms with van der Waals surface area (Å²) in [6.45, 7) is 5.23. The van der Waals surface area contributed by atoms with Gasteiger partial charge in [-0.1, -0.05) is 12.7 Å². The molecule has 162 valence electrons. The van der Waals surface area contributed by atoms with Gasteiger partial charge in [0, 0.05) is 41.8 Å². The number of carbonyl (C=O) groups is 1. The average Bonchev–Trinajstić information content (AvgIpc) is 3.32. The molecular formula is C21H20F3N5OS. The normalized spacial score (nSPS) is 14.6. The molecule has 0 aromatic carbocycles. The summed E-state index contributed by atoms with van der Waals surface area (Å²) < 4.78 is 40.4. The molecule has 1 N–H and O–H groups in total. The lowest BCUT2D eigenvalue weighted by Crippen LogP contribution is -2.33. The van der Waals surface area contributed by atoms with Crippen molar-refractivity contribution in [2.75, 3.05) is 18.4 Å². The number of hydrogen-bond acceptors (Lipinski definition) is 5. The first-order valence-corrected chi connectivity index (χ1v) is 10.4. The Kier molecular flexibility index (Phi) is 5.57. The molecule has 4 heterocycles. The van der Waals surface area contributed by atoms with Crippen molar-refractivity contribution >= 4 is 44.7 Å².